The summed E-state index contributed by atoms with van der Waals surface area (Å²) in [6.07, 6.45) is 0.274. The Balaban J connectivity index is 2.60. The Hall–Kier alpha value is -1.52. The van der Waals surface area contributed by atoms with E-state index in [4.69, 9.17) is 9.47 Å². The molecule has 0 spiro atoms. The first-order valence-corrected chi connectivity index (χ1v) is 6.05. The molecule has 0 N–H and O–H groups in total. The van der Waals surface area contributed by atoms with Gasteiger partial charge in [0, 0.05) is 18.7 Å². The highest BCUT2D eigenvalue weighted by atomic mass is 16.6. The van der Waals surface area contributed by atoms with Gasteiger partial charge in [-0.25, -0.2) is 9.59 Å². The van der Waals surface area contributed by atoms with Crippen LogP contribution in [0, 0.1) is 0 Å². The van der Waals surface area contributed by atoms with Crippen molar-refractivity contribution in [2.45, 2.75) is 39.7 Å². The largest absolute Gasteiger partial charge is 0.466 e. The molecule has 18 heavy (non-hydrogen) atoms. The summed E-state index contributed by atoms with van der Waals surface area (Å²) >= 11 is 0. The number of rotatable bonds is 2. The molecule has 5 heteroatoms. The van der Waals surface area contributed by atoms with Crippen LogP contribution in [0.3, 0.4) is 0 Å². The molecule has 102 valence electrons. The summed E-state index contributed by atoms with van der Waals surface area (Å²) < 4.78 is 9.94. The molecule has 0 atom stereocenters. The lowest BCUT2D eigenvalue weighted by molar-refractivity contribution is -0.136. The quantitative estimate of drug-likeness (QED) is 0.560. The fraction of sp³-hybridized carbons (Fsp3) is 0.692. The van der Waals surface area contributed by atoms with Gasteiger partial charge in [-0.1, -0.05) is 6.92 Å². The number of esters is 1. The molecule has 0 aliphatic carbocycles. The highest BCUT2D eigenvalue weighted by Crippen LogP contribution is 2.23. The molecular weight excluding hydrogens is 234 g/mol. The molecule has 0 saturated carbocycles. The third-order valence-corrected chi connectivity index (χ3v) is 2.63. The van der Waals surface area contributed by atoms with Crippen LogP contribution >= 0.6 is 0 Å². The van der Waals surface area contributed by atoms with Gasteiger partial charge in [0.05, 0.1) is 7.11 Å². The van der Waals surface area contributed by atoms with E-state index in [1.54, 1.807) is 4.90 Å². The predicted molar refractivity (Wildman–Crippen MR) is 67.1 cm³/mol. The summed E-state index contributed by atoms with van der Waals surface area (Å²) in [7, 11) is 1.36. The molecule has 1 amide bonds. The molecule has 0 bridgehead atoms. The maximum absolute atomic E-state index is 11.7. The van der Waals surface area contributed by atoms with Gasteiger partial charge in [-0.05, 0) is 32.8 Å². The van der Waals surface area contributed by atoms with E-state index in [0.29, 0.717) is 25.1 Å². The van der Waals surface area contributed by atoms with Crippen LogP contribution in [0.5, 0.6) is 0 Å². The minimum atomic E-state index is -0.494. The lowest BCUT2D eigenvalue weighted by Crippen LogP contribution is -2.47. The summed E-state index contributed by atoms with van der Waals surface area (Å²) in [6.45, 7) is 8.28. The van der Waals surface area contributed by atoms with Gasteiger partial charge in [-0.15, -0.1) is 0 Å². The van der Waals surface area contributed by atoms with Gasteiger partial charge in [-0.2, -0.15) is 0 Å². The van der Waals surface area contributed by atoms with Gasteiger partial charge in [-0.3, -0.25) is 0 Å². The van der Waals surface area contributed by atoms with Crippen molar-refractivity contribution in [1.29, 1.82) is 0 Å². The van der Waals surface area contributed by atoms with Crippen LogP contribution in [-0.2, 0) is 14.3 Å². The number of amides is 1. The van der Waals surface area contributed by atoms with E-state index in [1.807, 2.05) is 27.7 Å². The number of likely N-dealkylation sites (tertiary alicyclic amines) is 1. The number of nitrogens with zero attached hydrogens (tertiary/aromatic N) is 1. The third-order valence-electron chi connectivity index (χ3n) is 2.63. The Bertz CT molecular complexity index is 371. The number of hydrogen-bond donors (Lipinski definition) is 0. The summed E-state index contributed by atoms with van der Waals surface area (Å²) in [6, 6.07) is 0. The summed E-state index contributed by atoms with van der Waals surface area (Å²) in [5.74, 6) is -0.309. The van der Waals surface area contributed by atoms with E-state index in [1.165, 1.54) is 7.11 Å². The molecule has 5 nitrogen and oxygen atoms in total. The molecule has 0 unspecified atom stereocenters. The van der Waals surface area contributed by atoms with Crippen LogP contribution < -0.4 is 0 Å². The number of carbonyl (C=O) groups excluding carboxylic acids is 2. The second-order valence-electron chi connectivity index (χ2n) is 5.26. The van der Waals surface area contributed by atoms with Crippen LogP contribution in [0.15, 0.2) is 11.1 Å². The highest BCUT2D eigenvalue weighted by molar-refractivity contribution is 5.90. The summed E-state index contributed by atoms with van der Waals surface area (Å²) in [5.41, 5.74) is 1.12. The lowest BCUT2D eigenvalue weighted by atomic mass is 9.99. The van der Waals surface area contributed by atoms with Gasteiger partial charge in [0.25, 0.3) is 0 Å². The first-order valence-electron chi connectivity index (χ1n) is 6.05. The van der Waals surface area contributed by atoms with Gasteiger partial charge < -0.3 is 14.4 Å². The number of ether oxygens (including phenoxy) is 2. The second kappa shape index (κ2) is 5.42. The van der Waals surface area contributed by atoms with E-state index in [2.05, 4.69) is 0 Å². The van der Waals surface area contributed by atoms with Gasteiger partial charge >= 0.3 is 12.1 Å². The fourth-order valence-electron chi connectivity index (χ4n) is 1.72. The fourth-order valence-corrected chi connectivity index (χ4v) is 1.72. The maximum atomic E-state index is 11.7. The van der Waals surface area contributed by atoms with Crippen LogP contribution in [0.1, 0.15) is 34.1 Å². The molecule has 1 saturated heterocycles. The number of methoxy groups -OCH3 is 1. The first kappa shape index (κ1) is 14.5. The van der Waals surface area contributed by atoms with Crippen molar-refractivity contribution in [3.8, 4) is 0 Å². The predicted octanol–water partition coefficient (Wildman–Crippen LogP) is 2.12. The van der Waals surface area contributed by atoms with Gasteiger partial charge in [0.2, 0.25) is 0 Å². The molecule has 1 aliphatic rings. The molecule has 1 rings (SSSR count). The van der Waals surface area contributed by atoms with Crippen molar-refractivity contribution < 1.29 is 19.1 Å². The maximum Gasteiger partial charge on any atom is 0.410 e. The topological polar surface area (TPSA) is 55.8 Å². The molecule has 1 aliphatic heterocycles. The smallest absolute Gasteiger partial charge is 0.410 e. The zero-order valence-electron chi connectivity index (χ0n) is 11.7. The average Bonchev–Trinajstić information content (AvgIpc) is 2.18. The van der Waals surface area contributed by atoms with Gasteiger partial charge in [0.1, 0.15) is 5.60 Å². The summed E-state index contributed by atoms with van der Waals surface area (Å²) in [4.78, 5) is 24.7. The van der Waals surface area contributed by atoms with E-state index < -0.39 is 5.60 Å². The van der Waals surface area contributed by atoms with E-state index >= 15 is 0 Å². The van der Waals surface area contributed by atoms with Crippen molar-refractivity contribution in [1.82, 2.24) is 4.90 Å². The Morgan fingerprint density at radius 1 is 1.28 bits per heavy atom. The monoisotopic (exact) mass is 255 g/mol. The zero-order valence-corrected chi connectivity index (χ0v) is 11.7. The zero-order chi connectivity index (χ0) is 13.9. The van der Waals surface area contributed by atoms with Crippen molar-refractivity contribution in [2.75, 3.05) is 20.2 Å². The Kier molecular flexibility index (Phi) is 4.38. The van der Waals surface area contributed by atoms with E-state index in [0.717, 1.165) is 5.57 Å². The van der Waals surface area contributed by atoms with Crippen molar-refractivity contribution in [3.05, 3.63) is 11.1 Å². The minimum absolute atomic E-state index is 0.309. The van der Waals surface area contributed by atoms with Crippen LogP contribution in [0.4, 0.5) is 4.79 Å². The molecule has 0 aromatic rings. The minimum Gasteiger partial charge on any atom is -0.466 e. The van der Waals surface area contributed by atoms with Crippen molar-refractivity contribution >= 4 is 12.1 Å². The van der Waals surface area contributed by atoms with Gasteiger partial charge in [0.15, 0.2) is 0 Å². The molecule has 1 fully saturated rings. The molecule has 0 aromatic carbocycles. The van der Waals surface area contributed by atoms with Crippen LogP contribution in [0.2, 0.25) is 0 Å². The Labute approximate surface area is 108 Å². The molecule has 0 radical (unpaired) electrons. The standard InChI is InChI=1S/C13H21NO4/c1-6-10(11(15)17-5)9-7-14(8-9)12(16)18-13(2,3)4/h6-8H2,1-5H3. The third kappa shape index (κ3) is 3.48. The SMILES string of the molecule is CCC(C(=O)OC)=C1CN(C(=O)OC(C)(C)C)C1. The van der Waals surface area contributed by atoms with Crippen LogP contribution in [0.25, 0.3) is 0 Å². The normalized spacial score (nSPS) is 14.9. The Morgan fingerprint density at radius 3 is 2.22 bits per heavy atom. The molecular formula is C13H21NO4. The first-order chi connectivity index (χ1) is 8.28. The van der Waals surface area contributed by atoms with Crippen molar-refractivity contribution in [2.24, 2.45) is 0 Å². The van der Waals surface area contributed by atoms with Crippen LogP contribution in [-0.4, -0.2) is 42.8 Å². The van der Waals surface area contributed by atoms with E-state index in [-0.39, 0.29) is 12.1 Å². The second-order valence-corrected chi connectivity index (χ2v) is 5.26. The summed E-state index contributed by atoms with van der Waals surface area (Å²) in [5, 5.41) is 0. The average molecular weight is 255 g/mol. The molecule has 1 heterocycles. The Morgan fingerprint density at radius 2 is 1.83 bits per heavy atom. The van der Waals surface area contributed by atoms with E-state index in [9.17, 15) is 9.59 Å². The van der Waals surface area contributed by atoms with Crippen molar-refractivity contribution in [3.63, 3.8) is 0 Å². The highest BCUT2D eigenvalue weighted by Gasteiger charge is 2.32. The number of hydrogen-bond acceptors (Lipinski definition) is 4. The lowest BCUT2D eigenvalue weighted by Gasteiger charge is -2.36. The number of carbonyl (C=O) groups is 2. The molecule has 0 aromatic heterocycles.